The van der Waals surface area contributed by atoms with Gasteiger partial charge in [-0.05, 0) is 44.0 Å². The summed E-state index contributed by atoms with van der Waals surface area (Å²) < 4.78 is 1.85. The molecule has 2 amide bonds. The predicted molar refractivity (Wildman–Crippen MR) is 99.6 cm³/mol. The van der Waals surface area contributed by atoms with Crippen LogP contribution in [0, 0.1) is 5.92 Å². The van der Waals surface area contributed by atoms with Crippen LogP contribution in [0.25, 0.3) is 0 Å². The Morgan fingerprint density at radius 3 is 2.92 bits per heavy atom. The van der Waals surface area contributed by atoms with E-state index in [2.05, 4.69) is 17.2 Å². The molecule has 1 aromatic heterocycles. The third-order valence-electron chi connectivity index (χ3n) is 4.81. The monoisotopic (exact) mass is 355 g/mol. The maximum atomic E-state index is 12.8. The molecule has 3 N–H and O–H groups in total. The normalized spacial score (nSPS) is 19.5. The Morgan fingerprint density at radius 2 is 2.23 bits per heavy atom. The summed E-state index contributed by atoms with van der Waals surface area (Å²) in [6, 6.07) is 7.29. The summed E-state index contributed by atoms with van der Waals surface area (Å²) in [6.45, 7) is 3.91. The summed E-state index contributed by atoms with van der Waals surface area (Å²) in [6.07, 6.45) is 6.46. The van der Waals surface area contributed by atoms with Crippen LogP contribution in [-0.2, 0) is 11.3 Å². The second-order valence-corrected chi connectivity index (χ2v) is 6.82. The lowest BCUT2D eigenvalue weighted by molar-refractivity contribution is -0.116. The van der Waals surface area contributed by atoms with Crippen molar-refractivity contribution in [3.05, 3.63) is 48.5 Å². The summed E-state index contributed by atoms with van der Waals surface area (Å²) in [5.74, 6) is 0.254. The van der Waals surface area contributed by atoms with Gasteiger partial charge in [0, 0.05) is 49.2 Å². The zero-order valence-electron chi connectivity index (χ0n) is 15.0. The van der Waals surface area contributed by atoms with Crippen LogP contribution >= 0.6 is 0 Å². The van der Waals surface area contributed by atoms with Crippen LogP contribution in [0.2, 0.25) is 0 Å². The molecular weight excluding hydrogens is 330 g/mol. The van der Waals surface area contributed by atoms with Gasteiger partial charge >= 0.3 is 0 Å². The zero-order chi connectivity index (χ0) is 18.5. The van der Waals surface area contributed by atoms with Gasteiger partial charge in [-0.1, -0.05) is 6.07 Å². The van der Waals surface area contributed by atoms with Crippen LogP contribution in [0.4, 0.5) is 5.69 Å². The number of nitrogens with two attached hydrogens (primary N) is 1. The number of aromatic nitrogens is 2. The Hall–Kier alpha value is -2.67. The molecule has 3 rings (SSSR count). The first-order valence-corrected chi connectivity index (χ1v) is 8.93. The molecular formula is C19H25N5O2. The van der Waals surface area contributed by atoms with E-state index in [0.717, 1.165) is 6.42 Å². The number of imidazole rings is 1. The van der Waals surface area contributed by atoms with Crippen LogP contribution < -0.4 is 11.1 Å². The fraction of sp³-hybridized carbons (Fsp3) is 0.421. The number of hydrogen-bond donors (Lipinski definition) is 2. The van der Waals surface area contributed by atoms with E-state index in [0.29, 0.717) is 43.2 Å². The zero-order valence-corrected chi connectivity index (χ0v) is 15.0. The van der Waals surface area contributed by atoms with Crippen LogP contribution in [0.3, 0.4) is 0 Å². The number of likely N-dealkylation sites (tertiary alicyclic amines) is 1. The topological polar surface area (TPSA) is 93.3 Å². The fourth-order valence-corrected chi connectivity index (χ4v) is 3.37. The molecule has 1 saturated heterocycles. The number of nitrogens with zero attached hydrogens (tertiary/aromatic N) is 3. The lowest BCUT2D eigenvalue weighted by Gasteiger charge is -2.22. The van der Waals surface area contributed by atoms with E-state index in [1.807, 2.05) is 15.7 Å². The third kappa shape index (κ3) is 4.29. The van der Waals surface area contributed by atoms with Crippen molar-refractivity contribution in [3.63, 3.8) is 0 Å². The van der Waals surface area contributed by atoms with E-state index in [-0.39, 0.29) is 17.9 Å². The number of aryl methyl sites for hydroxylation is 1. The van der Waals surface area contributed by atoms with E-state index in [1.165, 1.54) is 0 Å². The molecule has 0 saturated carbocycles. The molecule has 138 valence electrons. The van der Waals surface area contributed by atoms with Gasteiger partial charge in [0.05, 0.1) is 6.33 Å². The molecule has 26 heavy (non-hydrogen) atoms. The Labute approximate surface area is 153 Å². The van der Waals surface area contributed by atoms with E-state index >= 15 is 0 Å². The van der Waals surface area contributed by atoms with Crippen LogP contribution in [0.5, 0.6) is 0 Å². The number of hydrogen-bond acceptors (Lipinski definition) is 4. The Kier molecular flexibility index (Phi) is 5.68. The summed E-state index contributed by atoms with van der Waals surface area (Å²) in [5, 5.41) is 2.86. The molecule has 1 aromatic carbocycles. The number of anilines is 1. The molecule has 0 bridgehead atoms. The quantitative estimate of drug-likeness (QED) is 0.825. The molecule has 2 unspecified atom stereocenters. The minimum Gasteiger partial charge on any atom is -0.337 e. The highest BCUT2D eigenvalue weighted by atomic mass is 16.2. The van der Waals surface area contributed by atoms with Crippen LogP contribution in [-0.4, -0.2) is 45.4 Å². The maximum absolute atomic E-state index is 12.8. The molecule has 2 heterocycles. The maximum Gasteiger partial charge on any atom is 0.254 e. The smallest absolute Gasteiger partial charge is 0.254 e. The number of carbonyl (C=O) groups is 2. The van der Waals surface area contributed by atoms with Crippen LogP contribution in [0.1, 0.15) is 30.1 Å². The number of carbonyl (C=O) groups excluding carboxylic acids is 2. The molecule has 0 aliphatic carbocycles. The van der Waals surface area contributed by atoms with Gasteiger partial charge < -0.3 is 20.5 Å². The highest BCUT2D eigenvalue weighted by Crippen LogP contribution is 2.25. The average molecular weight is 355 g/mol. The van der Waals surface area contributed by atoms with E-state index in [9.17, 15) is 9.59 Å². The lowest BCUT2D eigenvalue weighted by atomic mass is 10.1. The highest BCUT2D eigenvalue weighted by Gasteiger charge is 2.32. The number of benzene rings is 1. The first-order valence-electron chi connectivity index (χ1n) is 8.93. The second-order valence-electron chi connectivity index (χ2n) is 6.82. The van der Waals surface area contributed by atoms with Crippen molar-refractivity contribution in [1.82, 2.24) is 14.5 Å². The number of nitrogens with one attached hydrogen (secondary N) is 1. The van der Waals surface area contributed by atoms with Gasteiger partial charge in [-0.2, -0.15) is 0 Å². The van der Waals surface area contributed by atoms with Gasteiger partial charge in [0.1, 0.15) is 0 Å². The SMILES string of the molecule is CC1CC(CN)CN1C(=O)c1cccc(NC(=O)CCn2ccnc2)c1. The van der Waals surface area contributed by atoms with Crippen molar-refractivity contribution in [1.29, 1.82) is 0 Å². The van der Waals surface area contributed by atoms with Gasteiger partial charge in [0.2, 0.25) is 5.91 Å². The first kappa shape index (κ1) is 18.1. The molecule has 7 heteroatoms. The van der Waals surface area contributed by atoms with E-state index in [1.54, 1.807) is 36.8 Å². The van der Waals surface area contributed by atoms with Gasteiger partial charge in [0.25, 0.3) is 5.91 Å². The average Bonchev–Trinajstić information content (AvgIpc) is 3.29. The number of amides is 2. The van der Waals surface area contributed by atoms with Gasteiger partial charge in [-0.25, -0.2) is 4.98 Å². The Morgan fingerprint density at radius 1 is 1.38 bits per heavy atom. The Bertz CT molecular complexity index is 759. The molecule has 2 aromatic rings. The van der Waals surface area contributed by atoms with E-state index in [4.69, 9.17) is 5.73 Å². The van der Waals surface area contributed by atoms with Crippen molar-refractivity contribution in [2.45, 2.75) is 32.4 Å². The molecule has 2 atom stereocenters. The van der Waals surface area contributed by atoms with Gasteiger partial charge in [-0.15, -0.1) is 0 Å². The highest BCUT2D eigenvalue weighted by molar-refractivity contribution is 5.97. The van der Waals surface area contributed by atoms with Crippen molar-refractivity contribution < 1.29 is 9.59 Å². The molecule has 0 spiro atoms. The minimum atomic E-state index is -0.0963. The predicted octanol–water partition coefficient (Wildman–Crippen LogP) is 1.72. The standard InChI is InChI=1S/C19H25N5O2/c1-14-9-15(11-20)12-24(14)19(26)16-3-2-4-17(10-16)22-18(25)5-7-23-8-6-21-13-23/h2-4,6,8,10,13-15H,5,7,9,11-12,20H2,1H3,(H,22,25). The minimum absolute atomic E-state index is 0.0111. The van der Waals surface area contributed by atoms with Crippen LogP contribution in [0.15, 0.2) is 43.0 Å². The summed E-state index contributed by atoms with van der Waals surface area (Å²) in [5.41, 5.74) is 6.97. The lowest BCUT2D eigenvalue weighted by Crippen LogP contribution is -2.34. The molecule has 0 radical (unpaired) electrons. The fourth-order valence-electron chi connectivity index (χ4n) is 3.37. The molecule has 1 aliphatic rings. The van der Waals surface area contributed by atoms with Gasteiger partial charge in [-0.3, -0.25) is 9.59 Å². The third-order valence-corrected chi connectivity index (χ3v) is 4.81. The summed E-state index contributed by atoms with van der Waals surface area (Å²) in [4.78, 5) is 30.7. The van der Waals surface area contributed by atoms with E-state index < -0.39 is 0 Å². The van der Waals surface area contributed by atoms with Gasteiger partial charge in [0.15, 0.2) is 0 Å². The summed E-state index contributed by atoms with van der Waals surface area (Å²) >= 11 is 0. The first-order chi connectivity index (χ1) is 12.6. The van der Waals surface area contributed by atoms with Crippen molar-refractivity contribution in [2.75, 3.05) is 18.4 Å². The largest absolute Gasteiger partial charge is 0.337 e. The Balaban J connectivity index is 1.60. The molecule has 7 nitrogen and oxygen atoms in total. The second kappa shape index (κ2) is 8.14. The summed E-state index contributed by atoms with van der Waals surface area (Å²) in [7, 11) is 0. The molecule has 1 fully saturated rings. The van der Waals surface area contributed by atoms with Crippen molar-refractivity contribution >= 4 is 17.5 Å². The molecule has 1 aliphatic heterocycles. The van der Waals surface area contributed by atoms with Crippen molar-refractivity contribution in [3.8, 4) is 0 Å². The number of rotatable bonds is 6. The van der Waals surface area contributed by atoms with Crippen molar-refractivity contribution in [2.24, 2.45) is 11.7 Å².